The van der Waals surface area contributed by atoms with E-state index < -0.39 is 14.5 Å². The predicted molar refractivity (Wildman–Crippen MR) is 91.9 cm³/mol. The van der Waals surface area contributed by atoms with Crippen molar-refractivity contribution in [2.75, 3.05) is 19.8 Å². The van der Waals surface area contributed by atoms with Crippen molar-refractivity contribution in [3.63, 3.8) is 0 Å². The summed E-state index contributed by atoms with van der Waals surface area (Å²) >= 11 is 0. The van der Waals surface area contributed by atoms with Crippen molar-refractivity contribution in [3.05, 3.63) is 42.6 Å². The van der Waals surface area contributed by atoms with Gasteiger partial charge < -0.3 is 9.51 Å². The molecule has 1 atom stereocenters. The SMILES string of the molecule is C=CCN(CCc1c[nH]c2cccc(OP(=O)(O)O)c12)C(C)CF. The van der Waals surface area contributed by atoms with Gasteiger partial charge in [0, 0.05) is 36.2 Å². The van der Waals surface area contributed by atoms with E-state index >= 15 is 0 Å². The number of rotatable bonds is 9. The van der Waals surface area contributed by atoms with Gasteiger partial charge in [0.15, 0.2) is 0 Å². The van der Waals surface area contributed by atoms with Crippen LogP contribution in [0, 0.1) is 0 Å². The van der Waals surface area contributed by atoms with Crippen LogP contribution in [0.15, 0.2) is 37.1 Å². The summed E-state index contributed by atoms with van der Waals surface area (Å²) in [5, 5.41) is 0.632. The molecule has 0 spiro atoms. The minimum atomic E-state index is -4.64. The first-order valence-corrected chi connectivity index (χ1v) is 9.13. The average molecular weight is 356 g/mol. The third kappa shape index (κ3) is 4.68. The maximum Gasteiger partial charge on any atom is 0.524 e. The Balaban J connectivity index is 2.25. The number of benzene rings is 1. The maximum atomic E-state index is 12.9. The Morgan fingerprint density at radius 2 is 2.25 bits per heavy atom. The van der Waals surface area contributed by atoms with Gasteiger partial charge in [-0.2, -0.15) is 0 Å². The first-order valence-electron chi connectivity index (χ1n) is 7.60. The number of aromatic nitrogens is 1. The highest BCUT2D eigenvalue weighted by Crippen LogP contribution is 2.41. The smallest absolute Gasteiger partial charge is 0.404 e. The van der Waals surface area contributed by atoms with E-state index in [-0.39, 0.29) is 11.8 Å². The second-order valence-electron chi connectivity index (χ2n) is 5.61. The Labute approximate surface area is 140 Å². The second kappa shape index (κ2) is 7.94. The molecule has 0 aliphatic rings. The molecule has 8 heteroatoms. The van der Waals surface area contributed by atoms with Crippen LogP contribution < -0.4 is 4.52 Å². The van der Waals surface area contributed by atoms with E-state index in [9.17, 15) is 8.96 Å². The number of aromatic amines is 1. The molecule has 1 unspecified atom stereocenters. The molecule has 1 aromatic carbocycles. The molecule has 0 bridgehead atoms. The highest BCUT2D eigenvalue weighted by Gasteiger charge is 2.20. The fourth-order valence-electron chi connectivity index (χ4n) is 2.64. The Kier molecular flexibility index (Phi) is 6.18. The summed E-state index contributed by atoms with van der Waals surface area (Å²) in [6.45, 7) is 6.21. The molecule has 0 radical (unpaired) electrons. The Bertz CT molecular complexity index is 743. The zero-order valence-corrected chi connectivity index (χ0v) is 14.4. The van der Waals surface area contributed by atoms with Gasteiger partial charge in [-0.3, -0.25) is 14.7 Å². The van der Waals surface area contributed by atoms with Crippen molar-refractivity contribution >= 4 is 18.7 Å². The first-order chi connectivity index (χ1) is 11.4. The molecule has 0 aliphatic carbocycles. The fourth-order valence-corrected chi connectivity index (χ4v) is 3.05. The van der Waals surface area contributed by atoms with Crippen LogP contribution in [0.1, 0.15) is 12.5 Å². The van der Waals surface area contributed by atoms with Gasteiger partial charge in [-0.05, 0) is 31.0 Å². The molecule has 0 saturated carbocycles. The fraction of sp³-hybridized carbons (Fsp3) is 0.375. The zero-order valence-electron chi connectivity index (χ0n) is 13.5. The maximum absolute atomic E-state index is 12.9. The lowest BCUT2D eigenvalue weighted by atomic mass is 10.1. The molecule has 2 rings (SSSR count). The van der Waals surface area contributed by atoms with Crippen LogP contribution in [-0.4, -0.2) is 45.5 Å². The molecule has 24 heavy (non-hydrogen) atoms. The standard InChI is InChI=1S/C16H22FN2O4P/c1-3-8-19(12(2)10-17)9-7-13-11-18-14-5-4-6-15(16(13)14)23-24(20,21)22/h3-6,11-12,18H,1,7-10H2,2H3,(H2,20,21,22). The number of phosphoric acid groups is 1. The average Bonchev–Trinajstić information content (AvgIpc) is 2.93. The van der Waals surface area contributed by atoms with Gasteiger partial charge in [-0.15, -0.1) is 6.58 Å². The van der Waals surface area contributed by atoms with E-state index in [1.807, 2.05) is 4.90 Å². The van der Waals surface area contributed by atoms with E-state index in [2.05, 4.69) is 11.6 Å². The highest BCUT2D eigenvalue weighted by molar-refractivity contribution is 7.46. The summed E-state index contributed by atoms with van der Waals surface area (Å²) in [7, 11) is -4.64. The van der Waals surface area contributed by atoms with E-state index in [1.54, 1.807) is 31.3 Å². The van der Waals surface area contributed by atoms with Crippen LogP contribution >= 0.6 is 7.82 Å². The zero-order chi connectivity index (χ0) is 17.7. The van der Waals surface area contributed by atoms with Gasteiger partial charge >= 0.3 is 7.82 Å². The van der Waals surface area contributed by atoms with Crippen LogP contribution in [0.25, 0.3) is 10.9 Å². The molecule has 2 aromatic rings. The van der Waals surface area contributed by atoms with Gasteiger partial charge in [-0.1, -0.05) is 12.1 Å². The van der Waals surface area contributed by atoms with E-state index in [0.717, 1.165) is 11.1 Å². The summed E-state index contributed by atoms with van der Waals surface area (Å²) in [6, 6.07) is 4.75. The first kappa shape index (κ1) is 18.7. The summed E-state index contributed by atoms with van der Waals surface area (Å²) in [6.07, 6.45) is 4.09. The molecule has 0 saturated heterocycles. The predicted octanol–water partition coefficient (Wildman–Crippen LogP) is 3.03. The number of hydrogen-bond acceptors (Lipinski definition) is 3. The number of nitrogens with one attached hydrogen (secondary N) is 1. The molecule has 0 amide bonds. The molecule has 132 valence electrons. The number of H-pyrrole nitrogens is 1. The van der Waals surface area contributed by atoms with Crippen molar-refractivity contribution in [1.82, 2.24) is 9.88 Å². The van der Waals surface area contributed by atoms with Crippen LogP contribution in [0.4, 0.5) is 4.39 Å². The normalized spacial score (nSPS) is 13.4. The number of phosphoric ester groups is 1. The summed E-state index contributed by atoms with van der Waals surface area (Å²) < 4.78 is 28.9. The molecular formula is C16H22FN2O4P. The molecule has 0 aliphatic heterocycles. The van der Waals surface area contributed by atoms with Gasteiger partial charge in [-0.25, -0.2) is 8.96 Å². The number of fused-ring (bicyclic) bond motifs is 1. The lowest BCUT2D eigenvalue weighted by molar-refractivity contribution is 0.198. The number of alkyl halides is 1. The van der Waals surface area contributed by atoms with Crippen LogP contribution in [0.2, 0.25) is 0 Å². The number of halogens is 1. The van der Waals surface area contributed by atoms with Gasteiger partial charge in [0.05, 0.1) is 0 Å². The van der Waals surface area contributed by atoms with Gasteiger partial charge in [0.2, 0.25) is 0 Å². The van der Waals surface area contributed by atoms with Gasteiger partial charge in [0.25, 0.3) is 0 Å². The Morgan fingerprint density at radius 3 is 2.88 bits per heavy atom. The number of hydrogen-bond donors (Lipinski definition) is 3. The minimum Gasteiger partial charge on any atom is -0.404 e. The van der Waals surface area contributed by atoms with Crippen molar-refractivity contribution in [2.45, 2.75) is 19.4 Å². The minimum absolute atomic E-state index is 0.130. The van der Waals surface area contributed by atoms with Gasteiger partial charge in [0.1, 0.15) is 12.4 Å². The van der Waals surface area contributed by atoms with Crippen molar-refractivity contribution in [1.29, 1.82) is 0 Å². The van der Waals surface area contributed by atoms with Crippen molar-refractivity contribution in [3.8, 4) is 5.75 Å². The van der Waals surface area contributed by atoms with E-state index in [1.165, 1.54) is 6.07 Å². The quantitative estimate of drug-likeness (QED) is 0.475. The van der Waals surface area contributed by atoms with Crippen LogP contribution in [-0.2, 0) is 11.0 Å². The van der Waals surface area contributed by atoms with Crippen LogP contribution in [0.5, 0.6) is 5.75 Å². The molecule has 3 N–H and O–H groups in total. The second-order valence-corrected chi connectivity index (χ2v) is 6.78. The largest absolute Gasteiger partial charge is 0.524 e. The molecule has 0 fully saturated rings. The topological polar surface area (TPSA) is 85.8 Å². The molecular weight excluding hydrogens is 334 g/mol. The van der Waals surface area contributed by atoms with E-state index in [4.69, 9.17) is 14.3 Å². The third-order valence-electron chi connectivity index (χ3n) is 3.85. The van der Waals surface area contributed by atoms with Crippen molar-refractivity contribution < 1.29 is 23.3 Å². The summed E-state index contributed by atoms with van der Waals surface area (Å²) in [5.41, 5.74) is 1.58. The van der Waals surface area contributed by atoms with Crippen molar-refractivity contribution in [2.24, 2.45) is 0 Å². The third-order valence-corrected chi connectivity index (χ3v) is 4.28. The molecule has 6 nitrogen and oxygen atoms in total. The Morgan fingerprint density at radius 1 is 1.50 bits per heavy atom. The number of nitrogens with zero attached hydrogens (tertiary/aromatic N) is 1. The summed E-state index contributed by atoms with van der Waals surface area (Å²) in [4.78, 5) is 23.2. The molecule has 1 aromatic heterocycles. The monoisotopic (exact) mass is 356 g/mol. The highest BCUT2D eigenvalue weighted by atomic mass is 31.2. The lowest BCUT2D eigenvalue weighted by Crippen LogP contribution is -2.36. The Hall–Kier alpha value is -1.66. The van der Waals surface area contributed by atoms with E-state index in [0.29, 0.717) is 24.9 Å². The summed E-state index contributed by atoms with van der Waals surface area (Å²) in [5.74, 6) is 0.130. The lowest BCUT2D eigenvalue weighted by Gasteiger charge is -2.25. The molecule has 1 heterocycles. The van der Waals surface area contributed by atoms with Crippen LogP contribution in [0.3, 0.4) is 0 Å².